The van der Waals surface area contributed by atoms with E-state index in [1.54, 1.807) is 42.9 Å². The van der Waals surface area contributed by atoms with Gasteiger partial charge in [0.05, 0.1) is 23.9 Å². The summed E-state index contributed by atoms with van der Waals surface area (Å²) < 4.78 is 35.3. The summed E-state index contributed by atoms with van der Waals surface area (Å²) in [6.45, 7) is 4.24. The predicted octanol–water partition coefficient (Wildman–Crippen LogP) is 4.56. The minimum Gasteiger partial charge on any atom is -0.494 e. The number of anilines is 1. The van der Waals surface area contributed by atoms with Crippen molar-refractivity contribution in [2.75, 3.05) is 11.3 Å². The van der Waals surface area contributed by atoms with Crippen molar-refractivity contribution >= 4 is 21.6 Å². The number of nitrogens with zero attached hydrogens (tertiary/aromatic N) is 2. The molecule has 0 bridgehead atoms. The number of aromatic nitrogens is 2. The molecule has 0 aliphatic heterocycles. The molecule has 35 heavy (non-hydrogen) atoms. The van der Waals surface area contributed by atoms with Crippen LogP contribution in [0.2, 0.25) is 0 Å². The van der Waals surface area contributed by atoms with Crippen LogP contribution >= 0.6 is 0 Å². The number of hydrogen-bond acceptors (Lipinski definition) is 5. The number of nitrogens with one attached hydrogen (secondary N) is 2. The van der Waals surface area contributed by atoms with Crippen molar-refractivity contribution in [2.45, 2.75) is 24.8 Å². The summed E-state index contributed by atoms with van der Waals surface area (Å²) in [5, 5.41) is 2.96. The van der Waals surface area contributed by atoms with Gasteiger partial charge < -0.3 is 14.6 Å². The van der Waals surface area contributed by atoms with Crippen LogP contribution in [0, 0.1) is 0 Å². The zero-order valence-electron chi connectivity index (χ0n) is 19.4. The topological polar surface area (TPSA) is 102 Å². The number of carbonyl (C=O) groups excluding carboxylic acids is 1. The van der Waals surface area contributed by atoms with Gasteiger partial charge in [-0.05, 0) is 74.0 Å². The summed E-state index contributed by atoms with van der Waals surface area (Å²) in [5.74, 6) is 0.286. The largest absolute Gasteiger partial charge is 0.494 e. The quantitative estimate of drug-likeness (QED) is 0.358. The van der Waals surface area contributed by atoms with Crippen LogP contribution in [0.5, 0.6) is 5.75 Å². The van der Waals surface area contributed by atoms with Gasteiger partial charge in [0.25, 0.3) is 15.9 Å². The van der Waals surface area contributed by atoms with Gasteiger partial charge in [0, 0.05) is 29.3 Å². The molecule has 1 aromatic heterocycles. The molecule has 4 aromatic rings. The van der Waals surface area contributed by atoms with Crippen LogP contribution in [-0.2, 0) is 10.0 Å². The van der Waals surface area contributed by atoms with E-state index in [9.17, 15) is 13.2 Å². The van der Waals surface area contributed by atoms with Gasteiger partial charge in [0.1, 0.15) is 5.75 Å². The van der Waals surface area contributed by atoms with Crippen LogP contribution < -0.4 is 14.8 Å². The van der Waals surface area contributed by atoms with Crippen molar-refractivity contribution in [3.63, 3.8) is 0 Å². The van der Waals surface area contributed by atoms with Gasteiger partial charge in [-0.3, -0.25) is 9.52 Å². The molecule has 0 saturated carbocycles. The normalized spacial score (nSPS) is 12.1. The number of benzene rings is 3. The zero-order chi connectivity index (χ0) is 24.8. The summed E-state index contributed by atoms with van der Waals surface area (Å²) in [6, 6.07) is 20.1. The van der Waals surface area contributed by atoms with Crippen molar-refractivity contribution < 1.29 is 17.9 Å². The van der Waals surface area contributed by atoms with E-state index in [0.29, 0.717) is 23.6 Å². The first-order chi connectivity index (χ1) is 16.9. The maximum absolute atomic E-state index is 12.9. The molecule has 0 radical (unpaired) electrons. The van der Waals surface area contributed by atoms with Gasteiger partial charge in [-0.25, -0.2) is 13.4 Å². The van der Waals surface area contributed by atoms with E-state index in [1.165, 1.54) is 18.2 Å². The second kappa shape index (κ2) is 10.4. The molecule has 3 aromatic carbocycles. The minimum atomic E-state index is -3.82. The second-order valence-electron chi connectivity index (χ2n) is 7.85. The monoisotopic (exact) mass is 490 g/mol. The Bertz CT molecular complexity index is 1380. The SMILES string of the molecule is CCOc1ccc(S(=O)(=O)Nc2cccc(C(=O)NC(C)c3ccc(-n4ccnc4)cc3)c2)cc1. The highest BCUT2D eigenvalue weighted by atomic mass is 32.2. The Balaban J connectivity index is 1.42. The molecule has 0 saturated heterocycles. The number of carbonyl (C=O) groups is 1. The Morgan fingerprint density at radius 3 is 2.46 bits per heavy atom. The summed E-state index contributed by atoms with van der Waals surface area (Å²) in [6.07, 6.45) is 5.29. The lowest BCUT2D eigenvalue weighted by Gasteiger charge is -2.16. The van der Waals surface area contributed by atoms with Crippen molar-refractivity contribution in [1.82, 2.24) is 14.9 Å². The van der Waals surface area contributed by atoms with Crippen molar-refractivity contribution in [1.29, 1.82) is 0 Å². The highest BCUT2D eigenvalue weighted by molar-refractivity contribution is 7.92. The summed E-state index contributed by atoms with van der Waals surface area (Å²) >= 11 is 0. The van der Waals surface area contributed by atoms with E-state index < -0.39 is 10.0 Å². The molecule has 0 aliphatic rings. The molecular formula is C26H26N4O4S. The Morgan fingerprint density at radius 2 is 1.80 bits per heavy atom. The van der Waals surface area contributed by atoms with E-state index in [2.05, 4.69) is 15.0 Å². The van der Waals surface area contributed by atoms with Crippen molar-refractivity contribution in [2.24, 2.45) is 0 Å². The predicted molar refractivity (Wildman–Crippen MR) is 134 cm³/mol. The van der Waals surface area contributed by atoms with Crippen LogP contribution in [0.15, 0.2) is 96.4 Å². The maximum atomic E-state index is 12.9. The highest BCUT2D eigenvalue weighted by Gasteiger charge is 2.16. The van der Waals surface area contributed by atoms with Gasteiger partial charge in [-0.2, -0.15) is 0 Å². The van der Waals surface area contributed by atoms with Gasteiger partial charge in [-0.1, -0.05) is 18.2 Å². The molecule has 2 N–H and O–H groups in total. The number of amides is 1. The van der Waals surface area contributed by atoms with Crippen molar-refractivity contribution in [3.8, 4) is 11.4 Å². The Hall–Kier alpha value is -4.11. The number of hydrogen-bond donors (Lipinski definition) is 2. The third-order valence-electron chi connectivity index (χ3n) is 5.37. The third-order valence-corrected chi connectivity index (χ3v) is 6.76. The molecule has 0 fully saturated rings. The maximum Gasteiger partial charge on any atom is 0.261 e. The molecule has 0 spiro atoms. The Kier molecular flexibility index (Phi) is 7.17. The van der Waals surface area contributed by atoms with E-state index in [4.69, 9.17) is 4.74 Å². The van der Waals surface area contributed by atoms with Crippen LogP contribution in [0.1, 0.15) is 35.8 Å². The average molecular weight is 491 g/mol. The molecule has 9 heteroatoms. The van der Waals surface area contributed by atoms with Gasteiger partial charge in [-0.15, -0.1) is 0 Å². The van der Waals surface area contributed by atoms with Crippen LogP contribution in [0.3, 0.4) is 0 Å². The first-order valence-corrected chi connectivity index (χ1v) is 12.6. The molecular weight excluding hydrogens is 464 g/mol. The van der Waals surface area contributed by atoms with E-state index in [1.807, 2.05) is 48.9 Å². The van der Waals surface area contributed by atoms with Gasteiger partial charge in [0.2, 0.25) is 0 Å². The minimum absolute atomic E-state index is 0.101. The van der Waals surface area contributed by atoms with Crippen LogP contribution in [0.4, 0.5) is 5.69 Å². The first-order valence-electron chi connectivity index (χ1n) is 11.1. The summed E-state index contributed by atoms with van der Waals surface area (Å²) in [5.41, 5.74) is 2.55. The van der Waals surface area contributed by atoms with Crippen LogP contribution in [0.25, 0.3) is 5.69 Å². The average Bonchev–Trinajstić information content (AvgIpc) is 3.40. The number of sulfonamides is 1. The molecule has 8 nitrogen and oxygen atoms in total. The van der Waals surface area contributed by atoms with Crippen molar-refractivity contribution in [3.05, 3.63) is 103 Å². The molecule has 1 unspecified atom stereocenters. The molecule has 0 aliphatic carbocycles. The molecule has 1 heterocycles. The summed E-state index contributed by atoms with van der Waals surface area (Å²) in [4.78, 5) is 17.0. The standard InChI is InChI=1S/C26H26N4O4S/c1-3-34-24-11-13-25(14-12-24)35(32,33)29-22-6-4-5-21(17-22)26(31)28-19(2)20-7-9-23(10-8-20)30-16-15-27-18-30/h4-19,29H,3H2,1-2H3,(H,28,31). The number of rotatable bonds is 9. The zero-order valence-corrected chi connectivity index (χ0v) is 20.2. The number of ether oxygens (including phenoxy) is 1. The highest BCUT2D eigenvalue weighted by Crippen LogP contribution is 2.21. The van der Waals surface area contributed by atoms with E-state index >= 15 is 0 Å². The second-order valence-corrected chi connectivity index (χ2v) is 9.53. The molecule has 4 rings (SSSR count). The van der Waals surface area contributed by atoms with E-state index in [0.717, 1.165) is 11.3 Å². The van der Waals surface area contributed by atoms with Gasteiger partial charge in [0.15, 0.2) is 0 Å². The molecule has 180 valence electrons. The Labute approximate surface area is 204 Å². The van der Waals surface area contributed by atoms with Crippen LogP contribution in [-0.4, -0.2) is 30.5 Å². The fourth-order valence-electron chi connectivity index (χ4n) is 3.53. The smallest absolute Gasteiger partial charge is 0.261 e. The van der Waals surface area contributed by atoms with Gasteiger partial charge >= 0.3 is 0 Å². The summed E-state index contributed by atoms with van der Waals surface area (Å²) in [7, 11) is -3.82. The van der Waals surface area contributed by atoms with E-state index in [-0.39, 0.29) is 16.8 Å². The first kappa shape index (κ1) is 24.0. The lowest BCUT2D eigenvalue weighted by molar-refractivity contribution is 0.0940. The fourth-order valence-corrected chi connectivity index (χ4v) is 4.58. The Morgan fingerprint density at radius 1 is 1.06 bits per heavy atom. The molecule has 1 atom stereocenters. The fraction of sp³-hybridized carbons (Fsp3) is 0.154. The lowest BCUT2D eigenvalue weighted by atomic mass is 10.1. The molecule has 1 amide bonds. The lowest BCUT2D eigenvalue weighted by Crippen LogP contribution is -2.26. The third kappa shape index (κ3) is 5.88. The number of imidazole rings is 1.